The van der Waals surface area contributed by atoms with Crippen molar-refractivity contribution < 1.29 is 13.2 Å². The van der Waals surface area contributed by atoms with Crippen LogP contribution in [0.3, 0.4) is 0 Å². The van der Waals surface area contributed by atoms with E-state index in [0.717, 1.165) is 16.9 Å². The number of anilines is 2. The van der Waals surface area contributed by atoms with Crippen LogP contribution in [0.25, 0.3) is 0 Å². The van der Waals surface area contributed by atoms with Gasteiger partial charge in [0, 0.05) is 37.6 Å². The molecule has 1 saturated heterocycles. The van der Waals surface area contributed by atoms with Crippen LogP contribution in [0, 0.1) is 6.92 Å². The third-order valence-electron chi connectivity index (χ3n) is 3.40. The van der Waals surface area contributed by atoms with Gasteiger partial charge in [-0.15, -0.1) is 0 Å². The molecule has 1 aliphatic heterocycles. The molecule has 1 fully saturated rings. The number of hydrogen-bond acceptors (Lipinski definition) is 3. The zero-order valence-electron chi connectivity index (χ0n) is 10.9. The van der Waals surface area contributed by atoms with Crippen LogP contribution in [-0.2, 0) is 0 Å². The number of nitrogen functional groups attached to an aromatic ring is 1. The van der Waals surface area contributed by atoms with Crippen LogP contribution in [0.1, 0.15) is 5.56 Å². The number of piperazine rings is 1. The van der Waals surface area contributed by atoms with Crippen molar-refractivity contribution >= 4 is 11.4 Å². The summed E-state index contributed by atoms with van der Waals surface area (Å²) in [6.45, 7) is 3.15. The molecule has 0 aromatic heterocycles. The molecule has 1 heterocycles. The maximum atomic E-state index is 12.3. The fourth-order valence-corrected chi connectivity index (χ4v) is 2.24. The van der Waals surface area contributed by atoms with Crippen molar-refractivity contribution in [2.24, 2.45) is 0 Å². The van der Waals surface area contributed by atoms with Crippen LogP contribution in [0.15, 0.2) is 18.2 Å². The highest BCUT2D eigenvalue weighted by Gasteiger charge is 2.32. The van der Waals surface area contributed by atoms with Crippen molar-refractivity contribution in [3.8, 4) is 0 Å². The van der Waals surface area contributed by atoms with E-state index in [2.05, 4.69) is 4.90 Å². The van der Waals surface area contributed by atoms with Crippen LogP contribution in [-0.4, -0.2) is 43.8 Å². The minimum atomic E-state index is -4.11. The summed E-state index contributed by atoms with van der Waals surface area (Å²) < 4.78 is 36.9. The molecule has 0 amide bonds. The van der Waals surface area contributed by atoms with E-state index < -0.39 is 12.7 Å². The molecule has 106 valence electrons. The number of aryl methyl sites for hydroxylation is 1. The van der Waals surface area contributed by atoms with Gasteiger partial charge in [-0.1, -0.05) is 6.07 Å². The molecule has 0 saturated carbocycles. The van der Waals surface area contributed by atoms with E-state index in [1.165, 1.54) is 4.90 Å². The van der Waals surface area contributed by atoms with Gasteiger partial charge in [0.1, 0.15) is 0 Å². The molecule has 6 heteroatoms. The first-order valence-corrected chi connectivity index (χ1v) is 6.25. The molecule has 1 aromatic rings. The Balaban J connectivity index is 1.94. The van der Waals surface area contributed by atoms with Gasteiger partial charge in [0.25, 0.3) is 0 Å². The number of alkyl halides is 3. The molecule has 0 atom stereocenters. The van der Waals surface area contributed by atoms with Gasteiger partial charge >= 0.3 is 6.18 Å². The molecule has 0 bridgehead atoms. The monoisotopic (exact) mass is 273 g/mol. The second-order valence-electron chi connectivity index (χ2n) is 4.92. The maximum absolute atomic E-state index is 12.3. The molecule has 2 rings (SSSR count). The van der Waals surface area contributed by atoms with Crippen molar-refractivity contribution in [1.82, 2.24) is 4.90 Å². The Morgan fingerprint density at radius 2 is 1.79 bits per heavy atom. The van der Waals surface area contributed by atoms with E-state index in [1.54, 1.807) is 0 Å². The summed E-state index contributed by atoms with van der Waals surface area (Å²) >= 11 is 0. The predicted octanol–water partition coefficient (Wildman–Crippen LogP) is 2.26. The summed E-state index contributed by atoms with van der Waals surface area (Å²) in [7, 11) is 0. The van der Waals surface area contributed by atoms with Crippen molar-refractivity contribution in [2.45, 2.75) is 13.1 Å². The molecule has 19 heavy (non-hydrogen) atoms. The molecule has 3 nitrogen and oxygen atoms in total. The summed E-state index contributed by atoms with van der Waals surface area (Å²) in [4.78, 5) is 3.51. The molecule has 0 spiro atoms. The van der Waals surface area contributed by atoms with Crippen molar-refractivity contribution in [3.63, 3.8) is 0 Å². The average Bonchev–Trinajstić information content (AvgIpc) is 2.32. The lowest BCUT2D eigenvalue weighted by Crippen LogP contribution is -2.49. The first-order chi connectivity index (χ1) is 8.85. The maximum Gasteiger partial charge on any atom is 0.401 e. The highest BCUT2D eigenvalue weighted by Crippen LogP contribution is 2.23. The molecule has 1 aliphatic rings. The molecule has 0 unspecified atom stereocenters. The molecular weight excluding hydrogens is 255 g/mol. The standard InChI is InChI=1S/C13H18F3N3/c1-10-2-3-11(8-12(10)17)19-6-4-18(5-7-19)9-13(14,15)16/h2-3,8H,4-7,9,17H2,1H3. The minimum absolute atomic E-state index is 0.424. The lowest BCUT2D eigenvalue weighted by atomic mass is 10.1. The average molecular weight is 273 g/mol. The van der Waals surface area contributed by atoms with Crippen molar-refractivity contribution in [2.75, 3.05) is 43.4 Å². The molecule has 1 aromatic carbocycles. The molecule has 0 aliphatic carbocycles. The van der Waals surface area contributed by atoms with Gasteiger partial charge in [0.05, 0.1) is 6.54 Å². The van der Waals surface area contributed by atoms with E-state index in [9.17, 15) is 13.2 Å². The normalized spacial score (nSPS) is 17.8. The Morgan fingerprint density at radius 1 is 1.16 bits per heavy atom. The van der Waals surface area contributed by atoms with E-state index in [1.807, 2.05) is 25.1 Å². The molecule has 2 N–H and O–H groups in total. The van der Waals surface area contributed by atoms with Crippen LogP contribution in [0.5, 0.6) is 0 Å². The smallest absolute Gasteiger partial charge is 0.398 e. The van der Waals surface area contributed by atoms with E-state index >= 15 is 0 Å². The van der Waals surface area contributed by atoms with Gasteiger partial charge in [-0.05, 0) is 24.6 Å². The second kappa shape index (κ2) is 5.28. The first kappa shape index (κ1) is 14.0. The van der Waals surface area contributed by atoms with E-state index in [4.69, 9.17) is 5.73 Å². The van der Waals surface area contributed by atoms with Crippen molar-refractivity contribution in [1.29, 1.82) is 0 Å². The van der Waals surface area contributed by atoms with Crippen LogP contribution < -0.4 is 10.6 Å². The summed E-state index contributed by atoms with van der Waals surface area (Å²) in [6.07, 6.45) is -4.11. The second-order valence-corrected chi connectivity index (χ2v) is 4.92. The Hall–Kier alpha value is -1.43. The zero-order chi connectivity index (χ0) is 14.0. The lowest BCUT2D eigenvalue weighted by Gasteiger charge is -2.36. The highest BCUT2D eigenvalue weighted by atomic mass is 19.4. The number of rotatable bonds is 2. The fourth-order valence-electron chi connectivity index (χ4n) is 2.24. The summed E-state index contributed by atoms with van der Waals surface area (Å²) in [6, 6.07) is 5.78. The van der Waals surface area contributed by atoms with Gasteiger partial charge < -0.3 is 10.6 Å². The third-order valence-corrected chi connectivity index (χ3v) is 3.40. The number of nitrogens with zero attached hydrogens (tertiary/aromatic N) is 2. The number of nitrogens with two attached hydrogens (primary N) is 1. The Labute approximate surface area is 110 Å². The molecular formula is C13H18F3N3. The van der Waals surface area contributed by atoms with Crippen LogP contribution >= 0.6 is 0 Å². The van der Waals surface area contributed by atoms with Gasteiger partial charge in [-0.3, -0.25) is 4.90 Å². The SMILES string of the molecule is Cc1ccc(N2CCN(CC(F)(F)F)CC2)cc1N. The summed E-state index contributed by atoms with van der Waals surface area (Å²) in [5.74, 6) is 0. The Kier molecular flexibility index (Phi) is 3.89. The largest absolute Gasteiger partial charge is 0.401 e. The van der Waals surface area contributed by atoms with E-state index in [-0.39, 0.29) is 0 Å². The van der Waals surface area contributed by atoms with Crippen LogP contribution in [0.4, 0.5) is 24.5 Å². The Bertz CT molecular complexity index is 437. The van der Waals surface area contributed by atoms with Crippen molar-refractivity contribution in [3.05, 3.63) is 23.8 Å². The number of hydrogen-bond donors (Lipinski definition) is 1. The zero-order valence-corrected chi connectivity index (χ0v) is 10.9. The van der Waals surface area contributed by atoms with Gasteiger partial charge in [0.2, 0.25) is 0 Å². The number of benzene rings is 1. The van der Waals surface area contributed by atoms with Gasteiger partial charge in [-0.2, -0.15) is 13.2 Å². The fraction of sp³-hybridized carbons (Fsp3) is 0.538. The quantitative estimate of drug-likeness (QED) is 0.839. The third kappa shape index (κ3) is 3.76. The van der Waals surface area contributed by atoms with Crippen LogP contribution in [0.2, 0.25) is 0 Å². The first-order valence-electron chi connectivity index (χ1n) is 6.25. The molecule has 0 radical (unpaired) electrons. The van der Waals surface area contributed by atoms with Gasteiger partial charge in [0.15, 0.2) is 0 Å². The summed E-state index contributed by atoms with van der Waals surface area (Å²) in [5.41, 5.74) is 8.56. The number of halogens is 3. The minimum Gasteiger partial charge on any atom is -0.398 e. The lowest BCUT2D eigenvalue weighted by molar-refractivity contribution is -0.146. The van der Waals surface area contributed by atoms with E-state index in [0.29, 0.717) is 26.2 Å². The predicted molar refractivity (Wildman–Crippen MR) is 70.3 cm³/mol. The topological polar surface area (TPSA) is 32.5 Å². The summed E-state index contributed by atoms with van der Waals surface area (Å²) in [5, 5.41) is 0. The van der Waals surface area contributed by atoms with Gasteiger partial charge in [-0.25, -0.2) is 0 Å². The Morgan fingerprint density at radius 3 is 2.32 bits per heavy atom. The highest BCUT2D eigenvalue weighted by molar-refractivity contribution is 5.59.